The molecule has 1 atom stereocenters. The standard InChI is InChI=1S/C7H9NO3S/c1-5(7(9)10)11-4-6-8-2-3-12-6/h2-3,5H,4H2,1H3,(H,9,10). The van der Waals surface area contributed by atoms with E-state index in [1.165, 1.54) is 18.3 Å². The van der Waals surface area contributed by atoms with E-state index in [4.69, 9.17) is 9.84 Å². The van der Waals surface area contributed by atoms with Gasteiger partial charge in [-0.15, -0.1) is 11.3 Å². The fraction of sp³-hybridized carbons (Fsp3) is 0.429. The smallest absolute Gasteiger partial charge is 0.332 e. The molecular formula is C7H9NO3S. The molecule has 1 aromatic rings. The molecule has 1 N–H and O–H groups in total. The van der Waals surface area contributed by atoms with E-state index in [9.17, 15) is 4.79 Å². The number of hydrogen-bond donors (Lipinski definition) is 1. The summed E-state index contributed by atoms with van der Waals surface area (Å²) in [6.07, 6.45) is 0.892. The summed E-state index contributed by atoms with van der Waals surface area (Å²) in [7, 11) is 0. The van der Waals surface area contributed by atoms with E-state index in [0.29, 0.717) is 0 Å². The zero-order chi connectivity index (χ0) is 8.97. The van der Waals surface area contributed by atoms with E-state index in [1.807, 2.05) is 5.38 Å². The van der Waals surface area contributed by atoms with Gasteiger partial charge in [-0.05, 0) is 6.92 Å². The van der Waals surface area contributed by atoms with Crippen molar-refractivity contribution in [3.63, 3.8) is 0 Å². The fourth-order valence-corrected chi connectivity index (χ4v) is 1.13. The van der Waals surface area contributed by atoms with Crippen LogP contribution in [0.25, 0.3) is 0 Å². The van der Waals surface area contributed by atoms with Crippen LogP contribution in [0.5, 0.6) is 0 Å². The van der Waals surface area contributed by atoms with E-state index >= 15 is 0 Å². The lowest BCUT2D eigenvalue weighted by Crippen LogP contribution is -2.19. The Bertz CT molecular complexity index is 247. The Kier molecular flexibility index (Phi) is 3.19. The molecule has 0 fully saturated rings. The average molecular weight is 187 g/mol. The molecule has 0 amide bonds. The van der Waals surface area contributed by atoms with Crippen molar-refractivity contribution in [1.82, 2.24) is 4.98 Å². The predicted molar refractivity (Wildman–Crippen MR) is 44.0 cm³/mol. The van der Waals surface area contributed by atoms with Gasteiger partial charge in [0.05, 0.1) is 6.61 Å². The summed E-state index contributed by atoms with van der Waals surface area (Å²) < 4.78 is 5.00. The van der Waals surface area contributed by atoms with Crippen molar-refractivity contribution in [2.45, 2.75) is 19.6 Å². The van der Waals surface area contributed by atoms with Gasteiger partial charge in [0, 0.05) is 11.6 Å². The maximum absolute atomic E-state index is 10.3. The Morgan fingerprint density at radius 1 is 1.92 bits per heavy atom. The first-order valence-corrected chi connectivity index (χ1v) is 4.31. The molecular weight excluding hydrogens is 178 g/mol. The predicted octanol–water partition coefficient (Wildman–Crippen LogP) is 1.13. The van der Waals surface area contributed by atoms with Gasteiger partial charge < -0.3 is 9.84 Å². The summed E-state index contributed by atoms with van der Waals surface area (Å²) in [6, 6.07) is 0. The van der Waals surface area contributed by atoms with Crippen LogP contribution in [-0.4, -0.2) is 22.2 Å². The highest BCUT2D eigenvalue weighted by Gasteiger charge is 2.11. The highest BCUT2D eigenvalue weighted by Crippen LogP contribution is 2.06. The van der Waals surface area contributed by atoms with Crippen LogP contribution in [0, 0.1) is 0 Å². The molecule has 1 rings (SSSR count). The van der Waals surface area contributed by atoms with E-state index in [1.54, 1.807) is 6.20 Å². The minimum Gasteiger partial charge on any atom is -0.479 e. The molecule has 0 aromatic carbocycles. The number of rotatable bonds is 4. The molecule has 1 unspecified atom stereocenters. The summed E-state index contributed by atoms with van der Waals surface area (Å²) >= 11 is 1.45. The van der Waals surface area contributed by atoms with Gasteiger partial charge in [-0.25, -0.2) is 9.78 Å². The second-order valence-corrected chi connectivity index (χ2v) is 3.20. The van der Waals surface area contributed by atoms with Gasteiger partial charge in [0.15, 0.2) is 6.10 Å². The van der Waals surface area contributed by atoms with Gasteiger partial charge in [-0.1, -0.05) is 0 Å². The third-order valence-electron chi connectivity index (χ3n) is 1.29. The van der Waals surface area contributed by atoms with Crippen molar-refractivity contribution in [3.05, 3.63) is 16.6 Å². The van der Waals surface area contributed by atoms with Crippen molar-refractivity contribution in [3.8, 4) is 0 Å². The van der Waals surface area contributed by atoms with Crippen LogP contribution in [0.1, 0.15) is 11.9 Å². The monoisotopic (exact) mass is 187 g/mol. The first-order valence-electron chi connectivity index (χ1n) is 3.43. The first kappa shape index (κ1) is 9.15. The molecule has 0 bridgehead atoms. The Morgan fingerprint density at radius 3 is 3.17 bits per heavy atom. The highest BCUT2D eigenvalue weighted by molar-refractivity contribution is 7.09. The lowest BCUT2D eigenvalue weighted by molar-refractivity contribution is -0.149. The van der Waals surface area contributed by atoms with Crippen molar-refractivity contribution in [1.29, 1.82) is 0 Å². The highest BCUT2D eigenvalue weighted by atomic mass is 32.1. The third kappa shape index (κ3) is 2.60. The Balaban J connectivity index is 2.31. The van der Waals surface area contributed by atoms with Gasteiger partial charge in [0.1, 0.15) is 5.01 Å². The second kappa shape index (κ2) is 4.18. The summed E-state index contributed by atoms with van der Waals surface area (Å²) in [5.74, 6) is -0.952. The molecule has 0 saturated heterocycles. The maximum atomic E-state index is 10.3. The quantitative estimate of drug-likeness (QED) is 0.767. The lowest BCUT2D eigenvalue weighted by atomic mass is 10.4. The normalized spacial score (nSPS) is 12.8. The Labute approximate surface area is 73.8 Å². The molecule has 1 aromatic heterocycles. The average Bonchev–Trinajstić information content (AvgIpc) is 2.51. The lowest BCUT2D eigenvalue weighted by Gasteiger charge is -2.05. The molecule has 0 aliphatic rings. The van der Waals surface area contributed by atoms with Gasteiger partial charge in [-0.3, -0.25) is 0 Å². The fourth-order valence-electron chi connectivity index (χ4n) is 0.592. The van der Waals surface area contributed by atoms with Crippen molar-refractivity contribution in [2.75, 3.05) is 0 Å². The van der Waals surface area contributed by atoms with Crippen LogP contribution < -0.4 is 0 Å². The number of aromatic nitrogens is 1. The number of aliphatic carboxylic acids is 1. The van der Waals surface area contributed by atoms with Crippen LogP contribution in [0.15, 0.2) is 11.6 Å². The molecule has 0 saturated carbocycles. The van der Waals surface area contributed by atoms with Crippen LogP contribution in [0.2, 0.25) is 0 Å². The summed E-state index contributed by atoms with van der Waals surface area (Å²) in [6.45, 7) is 1.76. The first-order chi connectivity index (χ1) is 5.70. The van der Waals surface area contributed by atoms with Crippen LogP contribution in [-0.2, 0) is 16.1 Å². The largest absolute Gasteiger partial charge is 0.479 e. The van der Waals surface area contributed by atoms with Crippen molar-refractivity contribution >= 4 is 17.3 Å². The molecule has 0 aliphatic heterocycles. The van der Waals surface area contributed by atoms with Crippen LogP contribution in [0.3, 0.4) is 0 Å². The third-order valence-corrected chi connectivity index (χ3v) is 2.04. The number of ether oxygens (including phenoxy) is 1. The number of carbonyl (C=O) groups is 1. The Hall–Kier alpha value is -0.940. The number of carboxylic acid groups (broad SMARTS) is 1. The molecule has 12 heavy (non-hydrogen) atoms. The van der Waals surface area contributed by atoms with Crippen molar-refractivity contribution < 1.29 is 14.6 Å². The number of carboxylic acids is 1. The molecule has 0 radical (unpaired) electrons. The second-order valence-electron chi connectivity index (χ2n) is 2.22. The van der Waals surface area contributed by atoms with E-state index in [-0.39, 0.29) is 6.61 Å². The zero-order valence-electron chi connectivity index (χ0n) is 6.56. The molecule has 0 aliphatic carbocycles. The number of nitrogens with zero attached hydrogens (tertiary/aromatic N) is 1. The van der Waals surface area contributed by atoms with E-state index in [2.05, 4.69) is 4.98 Å². The maximum Gasteiger partial charge on any atom is 0.332 e. The minimum absolute atomic E-state index is 0.269. The van der Waals surface area contributed by atoms with E-state index < -0.39 is 12.1 Å². The topological polar surface area (TPSA) is 59.4 Å². The Morgan fingerprint density at radius 2 is 2.67 bits per heavy atom. The van der Waals surface area contributed by atoms with Gasteiger partial charge in [-0.2, -0.15) is 0 Å². The van der Waals surface area contributed by atoms with Gasteiger partial charge in [0.2, 0.25) is 0 Å². The van der Waals surface area contributed by atoms with Gasteiger partial charge >= 0.3 is 5.97 Å². The molecule has 1 heterocycles. The number of thiazole rings is 1. The molecule has 0 spiro atoms. The van der Waals surface area contributed by atoms with Crippen molar-refractivity contribution in [2.24, 2.45) is 0 Å². The number of hydrogen-bond acceptors (Lipinski definition) is 4. The zero-order valence-corrected chi connectivity index (χ0v) is 7.37. The summed E-state index contributed by atoms with van der Waals surface area (Å²) in [5.41, 5.74) is 0. The van der Waals surface area contributed by atoms with Crippen LogP contribution >= 0.6 is 11.3 Å². The molecule has 4 nitrogen and oxygen atoms in total. The minimum atomic E-state index is -0.952. The summed E-state index contributed by atoms with van der Waals surface area (Å²) in [4.78, 5) is 14.3. The van der Waals surface area contributed by atoms with Crippen LogP contribution in [0.4, 0.5) is 0 Å². The SMILES string of the molecule is CC(OCc1nccs1)C(=O)O. The summed E-state index contributed by atoms with van der Waals surface area (Å²) in [5, 5.41) is 11.1. The molecule has 5 heteroatoms. The molecule has 66 valence electrons. The van der Waals surface area contributed by atoms with E-state index in [0.717, 1.165) is 5.01 Å². The van der Waals surface area contributed by atoms with Gasteiger partial charge in [0.25, 0.3) is 0 Å².